The first-order chi connectivity index (χ1) is 7.59. The minimum absolute atomic E-state index is 0.333. The summed E-state index contributed by atoms with van der Waals surface area (Å²) in [6.45, 7) is 5.31. The minimum Gasteiger partial charge on any atom is -0.370 e. The van der Waals surface area contributed by atoms with Crippen LogP contribution in [0.3, 0.4) is 0 Å². The predicted molar refractivity (Wildman–Crippen MR) is 69.7 cm³/mol. The normalized spacial score (nSPS) is 11.5. The van der Waals surface area contributed by atoms with E-state index in [9.17, 15) is 4.79 Å². The zero-order valence-corrected chi connectivity index (χ0v) is 11.0. The van der Waals surface area contributed by atoms with Crippen molar-refractivity contribution < 1.29 is 4.79 Å². The van der Waals surface area contributed by atoms with E-state index in [1.807, 2.05) is 19.9 Å². The Kier molecular flexibility index (Phi) is 7.65. The minimum atomic E-state index is -0.333. The maximum absolute atomic E-state index is 9.22. The number of fused-ring (bicyclic) bond motifs is 1. The fourth-order valence-corrected chi connectivity index (χ4v) is 1.74. The Balaban J connectivity index is 0.000000323. The van der Waals surface area contributed by atoms with E-state index < -0.39 is 0 Å². The van der Waals surface area contributed by atoms with Crippen LogP contribution in [0, 0.1) is 0 Å². The lowest BCUT2D eigenvalue weighted by molar-refractivity contribution is -0.115. The van der Waals surface area contributed by atoms with Gasteiger partial charge in [-0.25, -0.2) is 0 Å². The van der Waals surface area contributed by atoms with Gasteiger partial charge in [-0.1, -0.05) is 31.5 Å². The number of amides is 1. The van der Waals surface area contributed by atoms with Crippen LogP contribution in [0.15, 0.2) is 18.2 Å². The molecule has 0 aromatic heterocycles. The van der Waals surface area contributed by atoms with E-state index in [0.717, 1.165) is 5.02 Å². The number of aryl methyl sites for hydroxylation is 2. The predicted octanol–water partition coefficient (Wildman–Crippen LogP) is 3.35. The Morgan fingerprint density at radius 3 is 2.31 bits per heavy atom. The van der Waals surface area contributed by atoms with Crippen molar-refractivity contribution in [3.05, 3.63) is 34.3 Å². The van der Waals surface area contributed by atoms with Gasteiger partial charge in [0.25, 0.3) is 0 Å². The van der Waals surface area contributed by atoms with E-state index in [0.29, 0.717) is 0 Å². The summed E-state index contributed by atoms with van der Waals surface area (Å²) in [7, 11) is 0. The Bertz CT molecular complexity index is 333. The molecule has 3 heteroatoms. The third kappa shape index (κ3) is 5.76. The largest absolute Gasteiger partial charge is 0.370 e. The van der Waals surface area contributed by atoms with Gasteiger partial charge in [0.2, 0.25) is 5.91 Å². The summed E-state index contributed by atoms with van der Waals surface area (Å²) >= 11 is 5.82. The third-order valence-electron chi connectivity index (χ3n) is 2.06. The van der Waals surface area contributed by atoms with Crippen molar-refractivity contribution in [1.29, 1.82) is 0 Å². The average molecular weight is 242 g/mol. The fourth-order valence-electron chi connectivity index (χ4n) is 1.54. The Morgan fingerprint density at radius 2 is 1.75 bits per heavy atom. The molecule has 0 fully saturated rings. The zero-order chi connectivity index (χ0) is 12.6. The zero-order valence-electron chi connectivity index (χ0n) is 10.2. The van der Waals surface area contributed by atoms with E-state index in [1.165, 1.54) is 37.3 Å². The van der Waals surface area contributed by atoms with Crippen molar-refractivity contribution in [2.75, 3.05) is 0 Å². The number of hydrogen-bond donors (Lipinski definition) is 1. The number of carbonyl (C=O) groups excluding carboxylic acids is 1. The highest BCUT2D eigenvalue weighted by molar-refractivity contribution is 6.30. The van der Waals surface area contributed by atoms with Gasteiger partial charge in [-0.05, 0) is 42.5 Å². The number of hydrogen-bond acceptors (Lipinski definition) is 1. The molecule has 1 aromatic rings. The van der Waals surface area contributed by atoms with E-state index in [4.69, 9.17) is 11.6 Å². The quantitative estimate of drug-likeness (QED) is 0.744. The summed E-state index contributed by atoms with van der Waals surface area (Å²) < 4.78 is 0. The highest BCUT2D eigenvalue weighted by Gasteiger charge is 2.09. The Labute approximate surface area is 103 Å². The van der Waals surface area contributed by atoms with Crippen LogP contribution in [0.25, 0.3) is 0 Å². The average Bonchev–Trinajstić information content (AvgIpc) is 2.67. The molecule has 2 nitrogen and oxygen atoms in total. The van der Waals surface area contributed by atoms with Crippen molar-refractivity contribution in [3.63, 3.8) is 0 Å². The molecule has 2 rings (SSSR count). The molecule has 0 radical (unpaired) electrons. The Morgan fingerprint density at radius 1 is 1.25 bits per heavy atom. The molecule has 1 amide bonds. The van der Waals surface area contributed by atoms with Crippen LogP contribution < -0.4 is 5.73 Å². The second kappa shape index (κ2) is 8.17. The molecule has 2 N–H and O–H groups in total. The van der Waals surface area contributed by atoms with Crippen molar-refractivity contribution >= 4 is 17.5 Å². The molecule has 1 aliphatic carbocycles. The van der Waals surface area contributed by atoms with E-state index in [1.54, 1.807) is 0 Å². The lowest BCUT2D eigenvalue weighted by Crippen LogP contribution is -2.01. The molecule has 0 spiro atoms. The van der Waals surface area contributed by atoms with Gasteiger partial charge >= 0.3 is 0 Å². The molecule has 0 saturated carbocycles. The summed E-state index contributed by atoms with van der Waals surface area (Å²) in [6.07, 6.45) is 3.76. The second-order valence-electron chi connectivity index (χ2n) is 3.38. The number of rotatable bonds is 0. The number of benzene rings is 1. The first kappa shape index (κ1) is 15.0. The van der Waals surface area contributed by atoms with Gasteiger partial charge in [-0.2, -0.15) is 0 Å². The molecular formula is C13H20ClNO. The van der Waals surface area contributed by atoms with Crippen LogP contribution >= 0.6 is 11.6 Å². The molecule has 0 bridgehead atoms. The smallest absolute Gasteiger partial charge is 0.214 e. The summed E-state index contributed by atoms with van der Waals surface area (Å²) in [5, 5.41) is 0.876. The number of primary amides is 1. The standard InChI is InChI=1S/C9H9Cl.C2H5NO.C2H6/c10-9-5-4-7-2-1-3-8(7)6-9;1-2(3)4;1-2/h4-6H,1-3H2;1H3,(H2,3,4);1-2H3. The van der Waals surface area contributed by atoms with Crippen LogP contribution in [-0.2, 0) is 17.6 Å². The van der Waals surface area contributed by atoms with Crippen molar-refractivity contribution in [3.8, 4) is 0 Å². The third-order valence-corrected chi connectivity index (χ3v) is 2.30. The number of nitrogens with two attached hydrogens (primary N) is 1. The molecular weight excluding hydrogens is 222 g/mol. The van der Waals surface area contributed by atoms with Crippen LogP contribution in [0.5, 0.6) is 0 Å². The molecule has 1 aromatic carbocycles. The number of carbonyl (C=O) groups is 1. The van der Waals surface area contributed by atoms with Gasteiger partial charge in [0.1, 0.15) is 0 Å². The van der Waals surface area contributed by atoms with Gasteiger partial charge < -0.3 is 5.73 Å². The summed E-state index contributed by atoms with van der Waals surface area (Å²) in [6, 6.07) is 6.21. The maximum Gasteiger partial charge on any atom is 0.214 e. The van der Waals surface area contributed by atoms with Crippen LogP contribution in [0.2, 0.25) is 5.02 Å². The van der Waals surface area contributed by atoms with Crippen molar-refractivity contribution in [2.45, 2.75) is 40.0 Å². The monoisotopic (exact) mass is 241 g/mol. The molecule has 0 atom stereocenters. The molecule has 16 heavy (non-hydrogen) atoms. The first-order valence-corrected chi connectivity index (χ1v) is 6.00. The van der Waals surface area contributed by atoms with Gasteiger partial charge in [0.15, 0.2) is 0 Å². The first-order valence-electron chi connectivity index (χ1n) is 5.63. The molecule has 1 aliphatic rings. The van der Waals surface area contributed by atoms with Gasteiger partial charge in [0.05, 0.1) is 0 Å². The summed E-state index contributed by atoms with van der Waals surface area (Å²) in [5.41, 5.74) is 7.41. The molecule has 0 saturated heterocycles. The maximum atomic E-state index is 9.22. The fraction of sp³-hybridized carbons (Fsp3) is 0.462. The van der Waals surface area contributed by atoms with E-state index >= 15 is 0 Å². The lowest BCUT2D eigenvalue weighted by atomic mass is 10.1. The van der Waals surface area contributed by atoms with Crippen LogP contribution in [0.1, 0.15) is 38.3 Å². The number of halogens is 1. The topological polar surface area (TPSA) is 43.1 Å². The SMILES string of the molecule is CC.CC(N)=O.Clc1ccc2c(c1)CCC2. The summed E-state index contributed by atoms with van der Waals surface area (Å²) in [5.74, 6) is -0.333. The molecule has 0 heterocycles. The molecule has 90 valence electrons. The van der Waals surface area contributed by atoms with Gasteiger partial charge in [0, 0.05) is 11.9 Å². The highest BCUT2D eigenvalue weighted by atomic mass is 35.5. The van der Waals surface area contributed by atoms with E-state index in [2.05, 4.69) is 17.9 Å². The van der Waals surface area contributed by atoms with Crippen LogP contribution in [-0.4, -0.2) is 5.91 Å². The lowest BCUT2D eigenvalue weighted by Gasteiger charge is -1.96. The molecule has 0 unspecified atom stereocenters. The second-order valence-corrected chi connectivity index (χ2v) is 3.81. The van der Waals surface area contributed by atoms with Crippen molar-refractivity contribution in [2.24, 2.45) is 5.73 Å². The highest BCUT2D eigenvalue weighted by Crippen LogP contribution is 2.24. The van der Waals surface area contributed by atoms with Crippen molar-refractivity contribution in [1.82, 2.24) is 0 Å². The van der Waals surface area contributed by atoms with Gasteiger partial charge in [-0.3, -0.25) is 4.79 Å². The Hall–Kier alpha value is -1.02. The van der Waals surface area contributed by atoms with E-state index in [-0.39, 0.29) is 5.91 Å². The van der Waals surface area contributed by atoms with Gasteiger partial charge in [-0.15, -0.1) is 0 Å². The van der Waals surface area contributed by atoms with Crippen LogP contribution in [0.4, 0.5) is 0 Å². The molecule has 0 aliphatic heterocycles. The summed E-state index contributed by atoms with van der Waals surface area (Å²) in [4.78, 5) is 9.22.